The lowest BCUT2D eigenvalue weighted by Crippen LogP contribution is -2.35. The minimum atomic E-state index is -0.325. The zero-order valence-corrected chi connectivity index (χ0v) is 14.6. The monoisotopic (exact) mass is 344 g/mol. The fourth-order valence-corrected chi connectivity index (χ4v) is 2.95. The van der Waals surface area contributed by atoms with E-state index in [0.29, 0.717) is 6.54 Å². The molecule has 2 aromatic rings. The Morgan fingerprint density at radius 3 is 2.32 bits per heavy atom. The second-order valence-corrected chi connectivity index (χ2v) is 6.28. The van der Waals surface area contributed by atoms with Crippen LogP contribution in [0.2, 0.25) is 0 Å². The van der Waals surface area contributed by atoms with Gasteiger partial charge in [-0.05, 0) is 28.8 Å². The highest BCUT2D eigenvalue weighted by molar-refractivity contribution is 5.29. The van der Waals surface area contributed by atoms with Gasteiger partial charge >= 0.3 is 0 Å². The van der Waals surface area contributed by atoms with Crippen molar-refractivity contribution < 1.29 is 13.9 Å². The molecule has 0 unspecified atom stereocenters. The van der Waals surface area contributed by atoms with E-state index >= 15 is 0 Å². The Hall–Kier alpha value is -1.95. The first-order valence-corrected chi connectivity index (χ1v) is 8.65. The van der Waals surface area contributed by atoms with Crippen LogP contribution in [-0.4, -0.2) is 38.3 Å². The van der Waals surface area contributed by atoms with Gasteiger partial charge in [-0.15, -0.1) is 0 Å². The van der Waals surface area contributed by atoms with Gasteiger partial charge in [-0.3, -0.25) is 4.90 Å². The molecule has 5 heteroatoms. The molecule has 0 atom stereocenters. The number of hydrogen-bond acceptors (Lipinski definition) is 4. The zero-order valence-electron chi connectivity index (χ0n) is 14.6. The number of nitrogens with zero attached hydrogens (tertiary/aromatic N) is 1. The summed E-state index contributed by atoms with van der Waals surface area (Å²) in [5.41, 5.74) is 3.45. The quantitative estimate of drug-likeness (QED) is 0.837. The fraction of sp³-hybridized carbons (Fsp3) is 0.400. The molecule has 0 spiro atoms. The number of nitrogens with one attached hydrogen (secondary N) is 1. The van der Waals surface area contributed by atoms with Crippen LogP contribution in [0, 0.1) is 5.82 Å². The molecule has 2 aromatic carbocycles. The summed E-state index contributed by atoms with van der Waals surface area (Å²) in [6.07, 6.45) is 0. The van der Waals surface area contributed by atoms with Crippen LogP contribution in [0.4, 0.5) is 4.39 Å². The smallest absolute Gasteiger partial charge is 0.165 e. The average Bonchev–Trinajstić information content (AvgIpc) is 2.64. The van der Waals surface area contributed by atoms with Crippen LogP contribution in [0.25, 0.3) is 0 Å². The highest BCUT2D eigenvalue weighted by atomic mass is 19.1. The number of rotatable bonds is 7. The van der Waals surface area contributed by atoms with Crippen LogP contribution in [0.3, 0.4) is 0 Å². The number of benzene rings is 2. The Morgan fingerprint density at radius 1 is 1.00 bits per heavy atom. The number of halogens is 1. The summed E-state index contributed by atoms with van der Waals surface area (Å²) >= 11 is 0. The van der Waals surface area contributed by atoms with Crippen molar-refractivity contribution in [3.05, 3.63) is 65.0 Å². The summed E-state index contributed by atoms with van der Waals surface area (Å²) in [5.74, 6) is -0.0473. The van der Waals surface area contributed by atoms with Crippen molar-refractivity contribution in [1.29, 1.82) is 0 Å². The normalized spacial score (nSPS) is 15.3. The van der Waals surface area contributed by atoms with E-state index in [-0.39, 0.29) is 11.6 Å². The lowest BCUT2D eigenvalue weighted by Gasteiger charge is -2.26. The predicted molar refractivity (Wildman–Crippen MR) is 96.0 cm³/mol. The molecule has 1 aliphatic heterocycles. The van der Waals surface area contributed by atoms with Gasteiger partial charge < -0.3 is 14.8 Å². The second kappa shape index (κ2) is 8.94. The number of hydrogen-bond donors (Lipinski definition) is 1. The summed E-state index contributed by atoms with van der Waals surface area (Å²) in [5, 5.41) is 3.35. The van der Waals surface area contributed by atoms with Crippen molar-refractivity contribution in [3.63, 3.8) is 0 Å². The Balaban J connectivity index is 1.46. The van der Waals surface area contributed by atoms with E-state index in [1.807, 2.05) is 6.07 Å². The van der Waals surface area contributed by atoms with Gasteiger partial charge in [0.25, 0.3) is 0 Å². The Bertz CT molecular complexity index is 670. The maximum absolute atomic E-state index is 13.7. The van der Waals surface area contributed by atoms with Gasteiger partial charge in [-0.25, -0.2) is 4.39 Å². The Morgan fingerprint density at radius 2 is 1.64 bits per heavy atom. The lowest BCUT2D eigenvalue weighted by atomic mass is 10.1. The van der Waals surface area contributed by atoms with Gasteiger partial charge in [-0.2, -0.15) is 0 Å². The van der Waals surface area contributed by atoms with Gasteiger partial charge in [0.05, 0.1) is 20.3 Å². The van der Waals surface area contributed by atoms with Crippen LogP contribution >= 0.6 is 0 Å². The summed E-state index contributed by atoms with van der Waals surface area (Å²) < 4.78 is 24.0. The van der Waals surface area contributed by atoms with Crippen molar-refractivity contribution >= 4 is 0 Å². The molecule has 25 heavy (non-hydrogen) atoms. The average molecular weight is 344 g/mol. The molecule has 1 saturated heterocycles. The Labute approximate surface area is 148 Å². The third kappa shape index (κ3) is 5.26. The minimum absolute atomic E-state index is 0.277. The van der Waals surface area contributed by atoms with Crippen molar-refractivity contribution in [1.82, 2.24) is 10.2 Å². The van der Waals surface area contributed by atoms with Gasteiger partial charge in [0.15, 0.2) is 11.6 Å². The molecule has 0 saturated carbocycles. The molecule has 134 valence electrons. The second-order valence-electron chi connectivity index (χ2n) is 6.28. The van der Waals surface area contributed by atoms with Gasteiger partial charge in [0.2, 0.25) is 0 Å². The molecule has 4 nitrogen and oxygen atoms in total. The predicted octanol–water partition coefficient (Wildman–Crippen LogP) is 2.96. The zero-order chi connectivity index (χ0) is 17.5. The largest absolute Gasteiger partial charge is 0.494 e. The minimum Gasteiger partial charge on any atom is -0.494 e. The van der Waals surface area contributed by atoms with Gasteiger partial charge in [-0.1, -0.05) is 30.3 Å². The molecule has 0 bridgehead atoms. The van der Waals surface area contributed by atoms with Gasteiger partial charge in [0.1, 0.15) is 0 Å². The van der Waals surface area contributed by atoms with Crippen LogP contribution in [0.5, 0.6) is 5.75 Å². The standard InChI is InChI=1S/C20H25FN2O2/c1-24-20-7-6-18(12-19(20)21)14-22-13-16-2-4-17(5-3-16)15-23-8-10-25-11-9-23/h2-7,12,22H,8-11,13-15H2,1H3. The number of methoxy groups -OCH3 is 1. The third-order valence-corrected chi connectivity index (χ3v) is 4.41. The molecule has 0 aliphatic carbocycles. The molecule has 1 aliphatic rings. The molecule has 3 rings (SSSR count). The maximum Gasteiger partial charge on any atom is 0.165 e. The van der Waals surface area contributed by atoms with E-state index in [2.05, 4.69) is 34.5 Å². The van der Waals surface area contributed by atoms with Crippen LogP contribution in [0.1, 0.15) is 16.7 Å². The SMILES string of the molecule is COc1ccc(CNCc2ccc(CN3CCOCC3)cc2)cc1F. The molecule has 0 aromatic heterocycles. The highest BCUT2D eigenvalue weighted by Crippen LogP contribution is 2.17. The van der Waals surface area contributed by atoms with Crippen molar-refractivity contribution in [2.75, 3.05) is 33.4 Å². The first kappa shape index (κ1) is 17.9. The van der Waals surface area contributed by atoms with Crippen LogP contribution in [0.15, 0.2) is 42.5 Å². The van der Waals surface area contributed by atoms with E-state index in [0.717, 1.165) is 45.0 Å². The van der Waals surface area contributed by atoms with Crippen molar-refractivity contribution in [2.24, 2.45) is 0 Å². The topological polar surface area (TPSA) is 33.7 Å². The fourth-order valence-electron chi connectivity index (χ4n) is 2.95. The molecular formula is C20H25FN2O2. The molecule has 1 N–H and O–H groups in total. The first-order valence-electron chi connectivity index (χ1n) is 8.65. The molecule has 0 amide bonds. The van der Waals surface area contributed by atoms with E-state index in [9.17, 15) is 4.39 Å². The van der Waals surface area contributed by atoms with E-state index in [4.69, 9.17) is 9.47 Å². The summed E-state index contributed by atoms with van der Waals surface area (Å²) in [4.78, 5) is 2.41. The first-order chi connectivity index (χ1) is 12.2. The number of ether oxygens (including phenoxy) is 2. The third-order valence-electron chi connectivity index (χ3n) is 4.41. The summed E-state index contributed by atoms with van der Waals surface area (Å²) in [7, 11) is 1.47. The van der Waals surface area contributed by atoms with Crippen LogP contribution in [-0.2, 0) is 24.4 Å². The summed E-state index contributed by atoms with van der Waals surface area (Å²) in [6.45, 7) is 6.01. The highest BCUT2D eigenvalue weighted by Gasteiger charge is 2.10. The summed E-state index contributed by atoms with van der Waals surface area (Å²) in [6, 6.07) is 13.7. The molecule has 0 radical (unpaired) electrons. The molecule has 1 heterocycles. The van der Waals surface area contributed by atoms with Crippen molar-refractivity contribution in [2.45, 2.75) is 19.6 Å². The lowest BCUT2D eigenvalue weighted by molar-refractivity contribution is 0.0342. The van der Waals surface area contributed by atoms with Crippen molar-refractivity contribution in [3.8, 4) is 5.75 Å². The molecular weight excluding hydrogens is 319 g/mol. The molecule has 1 fully saturated rings. The Kier molecular flexibility index (Phi) is 6.39. The van der Waals surface area contributed by atoms with Crippen LogP contribution < -0.4 is 10.1 Å². The van der Waals surface area contributed by atoms with E-state index in [1.165, 1.54) is 24.3 Å². The number of morpholine rings is 1. The van der Waals surface area contributed by atoms with E-state index < -0.39 is 0 Å². The van der Waals surface area contributed by atoms with Gasteiger partial charge in [0, 0.05) is 32.7 Å². The maximum atomic E-state index is 13.7. The van der Waals surface area contributed by atoms with E-state index in [1.54, 1.807) is 6.07 Å².